The smallest absolute Gasteiger partial charge is 0.222 e. The maximum atomic E-state index is 11.4. The molecule has 884 valence electrons. The molecule has 32 heteroatoms. The van der Waals surface area contributed by atoms with Crippen molar-refractivity contribution in [3.63, 3.8) is 0 Å². The molecule has 0 aliphatic carbocycles. The normalized spacial score (nSPS) is 17.9. The van der Waals surface area contributed by atoms with Crippen molar-refractivity contribution in [2.45, 2.75) is 243 Å². The third-order valence-electron chi connectivity index (χ3n) is 28.2. The van der Waals surface area contributed by atoms with E-state index in [1.807, 2.05) is 37.5 Å². The van der Waals surface area contributed by atoms with Gasteiger partial charge < -0.3 is 127 Å². The molecule has 3 N–H and O–H groups in total. The van der Waals surface area contributed by atoms with Crippen molar-refractivity contribution in [2.75, 3.05) is 502 Å². The first kappa shape index (κ1) is 154. The van der Waals surface area contributed by atoms with Gasteiger partial charge >= 0.3 is 0 Å². The van der Waals surface area contributed by atoms with Crippen LogP contribution in [0.25, 0.3) is 0 Å². The Kier molecular flexibility index (Phi) is 130. The number of likely N-dealkylation sites (tertiary alicyclic amines) is 4. The fraction of sp³-hybridized carbons (Fsp3) is 0.982. The molecule has 0 atom stereocenters. The Morgan fingerprint density at radius 2 is 0.432 bits per heavy atom. The van der Waals surface area contributed by atoms with Crippen LogP contribution in [0.5, 0.6) is 0 Å². The fourth-order valence-electron chi connectivity index (χ4n) is 17.1. The standard InChI is InChI=1S/C10H20N2O2.C10H24N2.C9H20N2O.C9H18N2O.C8H18N2.C8H17NO.C8H19NO.C7H15NO2.C7H15NO.C7H17NO.C7H15N.C6H13NO.C6H13N.C6H15N.C4H11N.C2H7N/c1-3-10(13)12-6-4-11(5-7-12)8-9-14-2;1-5-11(6-2)9-10-12(7-3)8-4;1-3-10-4-6-11(7-5-10)8-9-12-2;1-3-9(12)11-7-5-10(4-2)6-8-11;1-3-9-5-7-10(4-2)8-6-9;1-10-8-7-9-5-3-2-4-6-9;1-4-9(5-2)7-8-10-6-3;1-9-5-2-8-3-6-10-7-4-8;1-9-7-6-8-4-2-3-5-8;1-4-8(5-2)6-7-9-3;1-2-8-6-4-3-5-7-8;1-2-7-3-5-8-6-4-7;1-2-7-5-3-4-6-7;1-4-7(5-2)6-3;1-3-5-4-2;1-2-3/h3-9H2,1-2H3;5-10H2,1-4H3;3-9H2,1-2H3;3-8H2,1-2H3;3-8H2,1-2H3;2-8H2,1H3;4-8H2,1-3H3;2-7H2,1H3;2-7H2,1H3;4-7H2,1-3H3;2-7H2,1H3;2-6H2,1H3;2-6H2,1H3;4-6H2,1-3H3;5H,3-4H2,1-2H3;2-3H2,1H3. The van der Waals surface area contributed by atoms with Crippen LogP contribution in [0.15, 0.2) is 0 Å². The quantitative estimate of drug-likeness (QED) is 0.0541. The van der Waals surface area contributed by atoms with Gasteiger partial charge in [-0.05, 0) is 248 Å². The second kappa shape index (κ2) is 123. The zero-order chi connectivity index (χ0) is 110. The average molecular weight is 2100 g/mol. The summed E-state index contributed by atoms with van der Waals surface area (Å²) in [6.07, 6.45) is 15.4. The van der Waals surface area contributed by atoms with Gasteiger partial charge in [-0.15, -0.1) is 0 Å². The van der Waals surface area contributed by atoms with Gasteiger partial charge in [0.25, 0.3) is 0 Å². The molecule has 10 heterocycles. The van der Waals surface area contributed by atoms with E-state index in [0.29, 0.717) is 18.7 Å². The third-order valence-corrected chi connectivity index (χ3v) is 28.2. The topological polar surface area (TPSA) is 217 Å². The van der Waals surface area contributed by atoms with Gasteiger partial charge in [0, 0.05) is 252 Å². The van der Waals surface area contributed by atoms with Crippen molar-refractivity contribution in [1.29, 1.82) is 0 Å². The minimum Gasteiger partial charge on any atom is -0.383 e. The predicted molar refractivity (Wildman–Crippen MR) is 630 cm³/mol. The lowest BCUT2D eigenvalue weighted by Crippen LogP contribution is -2.49. The lowest BCUT2D eigenvalue weighted by Gasteiger charge is -2.34. The van der Waals surface area contributed by atoms with Crippen molar-refractivity contribution in [1.82, 2.24) is 98.4 Å². The van der Waals surface area contributed by atoms with Gasteiger partial charge in [-0.3, -0.25) is 29.2 Å². The van der Waals surface area contributed by atoms with Gasteiger partial charge in [-0.25, -0.2) is 0 Å². The molecular formula is C114H257N21O11. The molecule has 0 bridgehead atoms. The van der Waals surface area contributed by atoms with Crippen LogP contribution in [-0.4, -0.2) is 606 Å². The Morgan fingerprint density at radius 3 is 0.637 bits per heavy atom. The SMILES string of the molecule is CCC(=O)N1CCN(CC)CC1.CCC(=O)N1CCN(CCOC)CC1.CCN.CCN(CC)CC.CCN(CC)CCN(CC)CC.CCN(CC)CCOC.CCN1CCCC1.CCN1CCCCC1.CCN1CCN(CC)CC1.CCN1CCN(CCOC)CC1.CCN1CCOCC1.CCNCC.CCOCCN(CC)CC.COCCN1CCCC1.COCCN1CCCCC1.COCCN1CCOCC1. The van der Waals surface area contributed by atoms with Crippen LogP contribution < -0.4 is 11.1 Å². The fourth-order valence-corrected chi connectivity index (χ4v) is 17.1. The molecule has 0 unspecified atom stereocenters. The second-order valence-electron chi connectivity index (χ2n) is 37.7. The monoisotopic (exact) mass is 2100 g/mol. The third kappa shape index (κ3) is 99.9. The van der Waals surface area contributed by atoms with Crippen LogP contribution in [0, 0.1) is 0 Å². The van der Waals surface area contributed by atoms with Gasteiger partial charge in [0.05, 0.1) is 72.7 Å². The van der Waals surface area contributed by atoms with E-state index in [1.165, 1.54) is 267 Å². The van der Waals surface area contributed by atoms with E-state index in [-0.39, 0.29) is 5.91 Å². The van der Waals surface area contributed by atoms with Gasteiger partial charge in [0.15, 0.2) is 0 Å². The van der Waals surface area contributed by atoms with Crippen LogP contribution in [0.3, 0.4) is 0 Å². The molecule has 0 spiro atoms. The minimum atomic E-state index is 0.274. The highest BCUT2D eigenvalue weighted by Crippen LogP contribution is 2.12. The first-order valence-corrected chi connectivity index (χ1v) is 60.0. The predicted octanol–water partition coefficient (Wildman–Crippen LogP) is 12.3. The van der Waals surface area contributed by atoms with Gasteiger partial charge in [-0.1, -0.05) is 172 Å². The van der Waals surface area contributed by atoms with Crippen molar-refractivity contribution < 1.29 is 52.2 Å². The first-order valence-electron chi connectivity index (χ1n) is 60.0. The summed E-state index contributed by atoms with van der Waals surface area (Å²) in [6, 6.07) is 0. The largest absolute Gasteiger partial charge is 0.383 e. The molecule has 0 radical (unpaired) electrons. The lowest BCUT2D eigenvalue weighted by molar-refractivity contribution is -0.133. The number of nitrogens with zero attached hydrogens (tertiary/aromatic N) is 19. The maximum absolute atomic E-state index is 11.4. The number of rotatable bonds is 47. The molecule has 10 aliphatic rings. The van der Waals surface area contributed by atoms with E-state index in [9.17, 15) is 9.59 Å². The number of hydrogen-bond acceptors (Lipinski definition) is 30. The molecule has 10 saturated heterocycles. The van der Waals surface area contributed by atoms with E-state index in [4.69, 9.17) is 48.4 Å². The summed E-state index contributed by atoms with van der Waals surface area (Å²) in [4.78, 5) is 67.9. The Balaban J connectivity index is -0.000000360. The highest BCUT2D eigenvalue weighted by molar-refractivity contribution is 5.76. The number of piperazine rings is 4. The van der Waals surface area contributed by atoms with Crippen LogP contribution in [-0.2, 0) is 52.2 Å². The van der Waals surface area contributed by atoms with Crippen molar-refractivity contribution in [2.24, 2.45) is 5.73 Å². The highest BCUT2D eigenvalue weighted by Gasteiger charge is 2.22. The van der Waals surface area contributed by atoms with Gasteiger partial charge in [-0.2, -0.15) is 0 Å². The number of likely N-dealkylation sites (N-methyl/N-ethyl adjacent to an activating group) is 9. The Bertz CT molecular complexity index is 2310. The second-order valence-corrected chi connectivity index (χ2v) is 37.7. The van der Waals surface area contributed by atoms with Crippen LogP contribution in [0.2, 0.25) is 0 Å². The number of ether oxygens (including phenoxy) is 9. The van der Waals surface area contributed by atoms with Crippen LogP contribution in [0.1, 0.15) is 243 Å². The molecule has 0 saturated carbocycles. The van der Waals surface area contributed by atoms with Gasteiger partial charge in [0.2, 0.25) is 11.8 Å². The molecule has 0 aromatic heterocycles. The summed E-state index contributed by atoms with van der Waals surface area (Å²) < 4.78 is 45.5. The van der Waals surface area contributed by atoms with E-state index in [0.717, 1.165) is 256 Å². The summed E-state index contributed by atoms with van der Waals surface area (Å²) in [6.45, 7) is 129. The number of hydrogen-bond donors (Lipinski definition) is 2. The number of carbonyl (C=O) groups is 2. The zero-order valence-electron chi connectivity index (χ0n) is 103. The maximum Gasteiger partial charge on any atom is 0.222 e. The summed E-state index contributed by atoms with van der Waals surface area (Å²) in [5.74, 6) is 0.571. The Labute approximate surface area is 908 Å². The van der Waals surface area contributed by atoms with Crippen molar-refractivity contribution in [3.8, 4) is 0 Å². The van der Waals surface area contributed by atoms with E-state index < -0.39 is 0 Å². The molecule has 10 fully saturated rings. The number of amides is 2. The van der Waals surface area contributed by atoms with E-state index >= 15 is 0 Å². The zero-order valence-corrected chi connectivity index (χ0v) is 103. The number of carbonyl (C=O) groups excluding carboxylic acids is 2. The molecule has 0 aromatic carbocycles. The molecule has 10 rings (SSSR count). The number of morpholine rings is 2. The minimum absolute atomic E-state index is 0.274. The van der Waals surface area contributed by atoms with Crippen LogP contribution >= 0.6 is 0 Å². The summed E-state index contributed by atoms with van der Waals surface area (Å²) in [5.41, 5.74) is 4.85. The van der Waals surface area contributed by atoms with E-state index in [2.05, 4.69) is 227 Å². The number of nitrogens with two attached hydrogens (primary N) is 1. The molecule has 146 heavy (non-hydrogen) atoms. The number of nitrogens with one attached hydrogen (secondary N) is 1. The number of methoxy groups -OCH3 is 6. The van der Waals surface area contributed by atoms with Gasteiger partial charge in [0.1, 0.15) is 0 Å². The summed E-state index contributed by atoms with van der Waals surface area (Å²) >= 11 is 0. The van der Waals surface area contributed by atoms with Crippen molar-refractivity contribution in [3.05, 3.63) is 0 Å². The Morgan fingerprint density at radius 1 is 0.240 bits per heavy atom. The Hall–Kier alpha value is -2.18. The average Bonchev–Trinajstić information content (AvgIpc) is 1.61. The first-order chi connectivity index (χ1) is 71.0. The molecule has 2 amide bonds. The van der Waals surface area contributed by atoms with Crippen molar-refractivity contribution >= 4 is 11.8 Å². The molecule has 32 nitrogen and oxygen atoms in total. The molecular weight excluding hydrogens is 1840 g/mol. The molecule has 0 aromatic rings. The molecule has 10 aliphatic heterocycles. The lowest BCUT2D eigenvalue weighted by atomic mass is 10.1. The highest BCUT2D eigenvalue weighted by atomic mass is 16.5. The number of piperidine rings is 2. The summed E-state index contributed by atoms with van der Waals surface area (Å²) in [5, 5.41) is 3.11. The summed E-state index contributed by atoms with van der Waals surface area (Å²) in [7, 11) is 10.5. The van der Waals surface area contributed by atoms with Crippen LogP contribution in [0.4, 0.5) is 0 Å². The van der Waals surface area contributed by atoms with E-state index in [1.54, 1.807) is 42.7 Å².